The van der Waals surface area contributed by atoms with E-state index in [2.05, 4.69) is 77.5 Å². The molecule has 2 aromatic heterocycles. The van der Waals surface area contributed by atoms with Gasteiger partial charge in [-0.05, 0) is 54.8 Å². The largest absolute Gasteiger partial charge is 0.493 e. The number of nitrogens with one attached hydrogen (secondary N) is 1. The monoisotopic (exact) mass is 598 g/mol. The fraction of sp³-hybridized carbons (Fsp3) is 0.263. The Morgan fingerprint density at radius 2 is 1.67 bits per heavy atom. The summed E-state index contributed by atoms with van der Waals surface area (Å²) in [5, 5.41) is 11.9. The van der Waals surface area contributed by atoms with E-state index in [9.17, 15) is 4.79 Å². The number of carbonyl (C=O) groups is 1. The molecule has 3 heterocycles. The van der Waals surface area contributed by atoms with Gasteiger partial charge in [0.25, 0.3) is 0 Å². The van der Waals surface area contributed by atoms with Gasteiger partial charge in [0.05, 0.1) is 24.4 Å². The number of hydrogen-bond acceptors (Lipinski definition) is 5. The highest BCUT2D eigenvalue weighted by Crippen LogP contribution is 2.39. The van der Waals surface area contributed by atoms with E-state index in [1.807, 2.05) is 42.9 Å². The van der Waals surface area contributed by atoms with Crippen molar-refractivity contribution >= 4 is 27.6 Å². The van der Waals surface area contributed by atoms with Crippen LogP contribution in [0.25, 0.3) is 32.8 Å². The van der Waals surface area contributed by atoms with Crippen LogP contribution in [0.1, 0.15) is 51.9 Å². The van der Waals surface area contributed by atoms with Gasteiger partial charge < -0.3 is 19.4 Å². The molecule has 7 heteroatoms. The zero-order valence-electron chi connectivity index (χ0n) is 26.1. The molecular formula is C38H38N4O3. The van der Waals surface area contributed by atoms with Gasteiger partial charge in [0, 0.05) is 54.3 Å². The Morgan fingerprint density at radius 3 is 2.53 bits per heavy atom. The molecule has 0 radical (unpaired) electrons. The van der Waals surface area contributed by atoms with E-state index < -0.39 is 0 Å². The molecule has 1 aliphatic rings. The molecule has 6 aromatic rings. The van der Waals surface area contributed by atoms with Crippen molar-refractivity contribution in [3.05, 3.63) is 119 Å². The number of fused-ring (bicyclic) bond motifs is 4. The second-order valence-electron chi connectivity index (χ2n) is 11.7. The summed E-state index contributed by atoms with van der Waals surface area (Å²) in [5.41, 5.74) is 9.32. The number of aryl methyl sites for hydroxylation is 2. The lowest BCUT2D eigenvalue weighted by Gasteiger charge is -2.16. The zero-order valence-corrected chi connectivity index (χ0v) is 26.1. The number of esters is 1. The molecule has 1 N–H and O–H groups in total. The maximum atomic E-state index is 13.9. The third-order valence-corrected chi connectivity index (χ3v) is 8.96. The predicted molar refractivity (Wildman–Crippen MR) is 179 cm³/mol. The summed E-state index contributed by atoms with van der Waals surface area (Å²) in [6.07, 6.45) is 1.42. The van der Waals surface area contributed by atoms with E-state index in [0.717, 1.165) is 61.9 Å². The topological polar surface area (TPSA) is 70.3 Å². The van der Waals surface area contributed by atoms with Crippen molar-refractivity contribution in [1.29, 1.82) is 0 Å². The molecule has 0 saturated heterocycles. The number of carbonyl (C=O) groups excluding carboxylic acids is 1. The van der Waals surface area contributed by atoms with Gasteiger partial charge in [0.2, 0.25) is 0 Å². The molecule has 0 fully saturated rings. The number of para-hydroxylation sites is 1. The van der Waals surface area contributed by atoms with Crippen LogP contribution in [-0.2, 0) is 37.8 Å². The normalized spacial score (nSPS) is 12.9. The predicted octanol–water partition coefficient (Wildman–Crippen LogP) is 7.34. The van der Waals surface area contributed by atoms with Crippen molar-refractivity contribution in [1.82, 2.24) is 19.7 Å². The van der Waals surface area contributed by atoms with Crippen LogP contribution in [-0.4, -0.2) is 33.5 Å². The second kappa shape index (κ2) is 12.3. The summed E-state index contributed by atoms with van der Waals surface area (Å²) in [5.74, 6) is 0.584. The van der Waals surface area contributed by atoms with E-state index in [4.69, 9.17) is 14.6 Å². The van der Waals surface area contributed by atoms with E-state index in [-0.39, 0.29) is 5.97 Å². The van der Waals surface area contributed by atoms with Crippen molar-refractivity contribution in [2.75, 3.05) is 13.2 Å². The van der Waals surface area contributed by atoms with Crippen molar-refractivity contribution in [3.63, 3.8) is 0 Å². The highest BCUT2D eigenvalue weighted by atomic mass is 16.5. The number of hydrogen-bond donors (Lipinski definition) is 1. The average molecular weight is 599 g/mol. The van der Waals surface area contributed by atoms with E-state index >= 15 is 0 Å². The molecule has 0 spiro atoms. The molecule has 0 aliphatic carbocycles. The quantitative estimate of drug-likeness (QED) is 0.154. The first-order valence-electron chi connectivity index (χ1n) is 15.8. The minimum absolute atomic E-state index is 0.293. The Morgan fingerprint density at radius 1 is 0.911 bits per heavy atom. The minimum atomic E-state index is -0.293. The fourth-order valence-electron chi connectivity index (χ4n) is 6.80. The van der Waals surface area contributed by atoms with Gasteiger partial charge in [-0.3, -0.25) is 4.68 Å². The summed E-state index contributed by atoms with van der Waals surface area (Å²) in [6, 6.07) is 29.3. The van der Waals surface area contributed by atoms with Crippen LogP contribution < -0.4 is 10.1 Å². The lowest BCUT2D eigenvalue weighted by molar-refractivity contribution is 0.0513. The van der Waals surface area contributed by atoms with E-state index in [1.165, 1.54) is 11.1 Å². The Balaban J connectivity index is 1.36. The molecule has 0 atom stereocenters. The first-order chi connectivity index (χ1) is 22.0. The number of benzene rings is 4. The average Bonchev–Trinajstić information content (AvgIpc) is 3.51. The second-order valence-corrected chi connectivity index (χ2v) is 11.7. The molecular weight excluding hydrogens is 560 g/mol. The summed E-state index contributed by atoms with van der Waals surface area (Å²) in [7, 11) is 1.99. The van der Waals surface area contributed by atoms with Crippen LogP contribution in [0.3, 0.4) is 0 Å². The van der Waals surface area contributed by atoms with Crippen LogP contribution in [0.5, 0.6) is 5.75 Å². The van der Waals surface area contributed by atoms with E-state index in [1.54, 1.807) is 0 Å². The number of aromatic nitrogens is 3. The lowest BCUT2D eigenvalue weighted by Crippen LogP contribution is -2.17. The molecule has 0 amide bonds. The van der Waals surface area contributed by atoms with E-state index in [0.29, 0.717) is 45.0 Å². The van der Waals surface area contributed by atoms with Gasteiger partial charge >= 0.3 is 5.97 Å². The SMILES string of the molecule is CCOC(=O)c1c(CCCOc2cccc3ccccc23)c2cccc3c2n1Cc1ccccc1CNCc1nn(C)c(C)c1-3. The summed E-state index contributed by atoms with van der Waals surface area (Å²) in [4.78, 5) is 13.9. The van der Waals surface area contributed by atoms with Crippen molar-refractivity contribution < 1.29 is 14.3 Å². The van der Waals surface area contributed by atoms with Crippen molar-refractivity contribution in [3.8, 4) is 16.9 Å². The number of ether oxygens (including phenoxy) is 2. The Bertz CT molecular complexity index is 2030. The van der Waals surface area contributed by atoms with Gasteiger partial charge in [-0.25, -0.2) is 4.79 Å². The Hall–Kier alpha value is -4.88. The van der Waals surface area contributed by atoms with Gasteiger partial charge in [-0.1, -0.05) is 78.9 Å². The van der Waals surface area contributed by atoms with Crippen molar-refractivity contribution in [2.45, 2.75) is 46.3 Å². The number of rotatable bonds is 7. The summed E-state index contributed by atoms with van der Waals surface area (Å²) in [6.45, 7) is 6.73. The van der Waals surface area contributed by atoms with Gasteiger partial charge in [-0.15, -0.1) is 0 Å². The molecule has 0 saturated carbocycles. The summed E-state index contributed by atoms with van der Waals surface area (Å²) < 4.78 is 16.2. The molecule has 1 aliphatic heterocycles. The van der Waals surface area contributed by atoms with Crippen LogP contribution in [0.2, 0.25) is 0 Å². The molecule has 0 unspecified atom stereocenters. The molecule has 7 nitrogen and oxygen atoms in total. The van der Waals surface area contributed by atoms with Crippen molar-refractivity contribution in [2.24, 2.45) is 7.05 Å². The summed E-state index contributed by atoms with van der Waals surface area (Å²) >= 11 is 0. The highest BCUT2D eigenvalue weighted by molar-refractivity contribution is 6.05. The third kappa shape index (κ3) is 5.27. The molecule has 4 aromatic carbocycles. The van der Waals surface area contributed by atoms with Crippen LogP contribution in [0.15, 0.2) is 84.9 Å². The minimum Gasteiger partial charge on any atom is -0.493 e. The molecule has 0 bridgehead atoms. The van der Waals surface area contributed by atoms with Gasteiger partial charge in [0.1, 0.15) is 11.4 Å². The zero-order chi connectivity index (χ0) is 30.9. The Kier molecular flexibility index (Phi) is 7.86. The van der Waals surface area contributed by atoms with Crippen LogP contribution in [0, 0.1) is 6.92 Å². The van der Waals surface area contributed by atoms with Gasteiger partial charge in [0.15, 0.2) is 0 Å². The van der Waals surface area contributed by atoms with Crippen LogP contribution in [0.4, 0.5) is 0 Å². The first kappa shape index (κ1) is 28.9. The highest BCUT2D eigenvalue weighted by Gasteiger charge is 2.28. The lowest BCUT2D eigenvalue weighted by atomic mass is 9.98. The number of nitrogens with zero attached hydrogens (tertiary/aromatic N) is 3. The first-order valence-corrected chi connectivity index (χ1v) is 15.8. The van der Waals surface area contributed by atoms with Crippen LogP contribution >= 0.6 is 0 Å². The third-order valence-electron chi connectivity index (χ3n) is 8.96. The Labute approximate surface area is 263 Å². The maximum Gasteiger partial charge on any atom is 0.355 e. The standard InChI is InChI=1S/C38H38N4O3/c1-4-44-38(43)37-31(19-11-21-45-34-20-9-15-26-12-7-8-16-29(26)34)30-17-10-18-32-35-25(2)41(3)40-33(35)23-39-22-27-13-5-6-14-28(27)24-42(37)36(30)32/h5-10,12-18,20,39H,4,11,19,21-24H2,1-3H3. The van der Waals surface area contributed by atoms with Gasteiger partial charge in [-0.2, -0.15) is 5.10 Å². The smallest absolute Gasteiger partial charge is 0.355 e. The maximum absolute atomic E-state index is 13.9. The molecule has 45 heavy (non-hydrogen) atoms. The molecule has 228 valence electrons. The fourth-order valence-corrected chi connectivity index (χ4v) is 6.80. The molecule has 7 rings (SSSR count).